The molecule has 1 aromatic carbocycles. The maximum Gasteiger partial charge on any atom is 0.260 e. The van der Waals surface area contributed by atoms with Gasteiger partial charge in [-0.15, -0.1) is 0 Å². The number of carbonyl (C=O) groups is 1. The third-order valence-electron chi connectivity index (χ3n) is 3.43. The first-order valence-electron chi connectivity index (χ1n) is 7.85. The lowest BCUT2D eigenvalue weighted by molar-refractivity contribution is -0.127. The maximum atomic E-state index is 11.9. The van der Waals surface area contributed by atoms with Crippen LogP contribution in [0.5, 0.6) is 5.75 Å². The fourth-order valence-electron chi connectivity index (χ4n) is 1.98. The lowest BCUT2D eigenvalue weighted by atomic mass is 10.0. The molecule has 0 aromatic heterocycles. The van der Waals surface area contributed by atoms with E-state index in [1.54, 1.807) is 6.92 Å². The molecular formula is C17H28N2O2. The minimum absolute atomic E-state index is 0.0703. The number of unbranched alkanes of at least 4 members (excludes halogenated alkanes) is 1. The van der Waals surface area contributed by atoms with Gasteiger partial charge in [0.1, 0.15) is 5.75 Å². The normalized spacial score (nSPS) is 13.5. The van der Waals surface area contributed by atoms with Crippen LogP contribution in [0.4, 0.5) is 0 Å². The minimum Gasteiger partial charge on any atom is -0.481 e. The molecule has 118 valence electrons. The molecule has 0 aliphatic rings. The van der Waals surface area contributed by atoms with E-state index in [9.17, 15) is 4.79 Å². The molecule has 1 aromatic rings. The van der Waals surface area contributed by atoms with Gasteiger partial charge in [-0.25, -0.2) is 0 Å². The molecule has 21 heavy (non-hydrogen) atoms. The summed E-state index contributed by atoms with van der Waals surface area (Å²) in [5, 5.41) is 2.88. The Morgan fingerprint density at radius 2 is 2.14 bits per heavy atom. The minimum atomic E-state index is -0.489. The van der Waals surface area contributed by atoms with Crippen molar-refractivity contribution in [3.63, 3.8) is 0 Å². The van der Waals surface area contributed by atoms with Gasteiger partial charge in [0.25, 0.3) is 5.91 Å². The molecule has 0 aliphatic carbocycles. The van der Waals surface area contributed by atoms with E-state index in [0.717, 1.165) is 31.2 Å². The third kappa shape index (κ3) is 6.63. The van der Waals surface area contributed by atoms with Crippen LogP contribution in [0.2, 0.25) is 0 Å². The van der Waals surface area contributed by atoms with Crippen molar-refractivity contribution < 1.29 is 9.53 Å². The van der Waals surface area contributed by atoms with Crippen molar-refractivity contribution in [1.29, 1.82) is 0 Å². The standard InChI is InChI=1S/C17H28N2O2/c1-4-6-10-19-17(20)13(3)21-16-9-7-8-14(12-16)11-15(18)5-2/h7-9,12-13,15H,4-6,10-11,18H2,1-3H3,(H,19,20). The Morgan fingerprint density at radius 1 is 1.38 bits per heavy atom. The molecule has 4 nitrogen and oxygen atoms in total. The Hall–Kier alpha value is -1.55. The van der Waals surface area contributed by atoms with E-state index in [0.29, 0.717) is 12.3 Å². The fourth-order valence-corrected chi connectivity index (χ4v) is 1.98. The van der Waals surface area contributed by atoms with Crippen LogP contribution in [0.25, 0.3) is 0 Å². The summed E-state index contributed by atoms with van der Waals surface area (Å²) in [7, 11) is 0. The molecule has 4 heteroatoms. The number of nitrogens with one attached hydrogen (secondary N) is 1. The second-order valence-corrected chi connectivity index (χ2v) is 5.42. The van der Waals surface area contributed by atoms with Crippen molar-refractivity contribution in [3.05, 3.63) is 29.8 Å². The molecule has 0 saturated heterocycles. The first-order chi connectivity index (χ1) is 10.1. The van der Waals surface area contributed by atoms with Gasteiger partial charge in [-0.3, -0.25) is 4.79 Å². The molecule has 0 aliphatic heterocycles. The number of hydrogen-bond acceptors (Lipinski definition) is 3. The third-order valence-corrected chi connectivity index (χ3v) is 3.43. The Bertz CT molecular complexity index is 435. The number of rotatable bonds is 9. The van der Waals surface area contributed by atoms with E-state index in [1.807, 2.05) is 24.3 Å². The molecule has 1 rings (SSSR count). The molecule has 0 bridgehead atoms. The van der Waals surface area contributed by atoms with Gasteiger partial charge < -0.3 is 15.8 Å². The number of amides is 1. The second kappa shape index (κ2) is 9.40. The Balaban J connectivity index is 2.53. The highest BCUT2D eigenvalue weighted by atomic mass is 16.5. The van der Waals surface area contributed by atoms with Crippen LogP contribution in [-0.2, 0) is 11.2 Å². The lowest BCUT2D eigenvalue weighted by Gasteiger charge is -2.16. The van der Waals surface area contributed by atoms with Gasteiger partial charge in [0, 0.05) is 12.6 Å². The molecule has 0 saturated carbocycles. The zero-order valence-electron chi connectivity index (χ0n) is 13.4. The first-order valence-corrected chi connectivity index (χ1v) is 7.85. The number of carbonyl (C=O) groups excluding carboxylic acids is 1. The topological polar surface area (TPSA) is 64.3 Å². The number of benzene rings is 1. The summed E-state index contributed by atoms with van der Waals surface area (Å²) < 4.78 is 5.71. The van der Waals surface area contributed by atoms with Crippen molar-refractivity contribution in [1.82, 2.24) is 5.32 Å². The van der Waals surface area contributed by atoms with Gasteiger partial charge in [-0.05, 0) is 43.9 Å². The van der Waals surface area contributed by atoms with Gasteiger partial charge in [0.15, 0.2) is 6.10 Å². The quantitative estimate of drug-likeness (QED) is 0.688. The highest BCUT2D eigenvalue weighted by Crippen LogP contribution is 2.16. The van der Waals surface area contributed by atoms with Gasteiger partial charge >= 0.3 is 0 Å². The van der Waals surface area contributed by atoms with E-state index in [4.69, 9.17) is 10.5 Å². The summed E-state index contributed by atoms with van der Waals surface area (Å²) >= 11 is 0. The molecule has 3 N–H and O–H groups in total. The molecule has 0 heterocycles. The molecule has 1 amide bonds. The van der Waals surface area contributed by atoms with Gasteiger partial charge in [-0.1, -0.05) is 32.4 Å². The van der Waals surface area contributed by atoms with Crippen molar-refractivity contribution in [2.45, 2.75) is 58.6 Å². The highest BCUT2D eigenvalue weighted by molar-refractivity contribution is 5.80. The Kier molecular flexibility index (Phi) is 7.83. The van der Waals surface area contributed by atoms with Crippen molar-refractivity contribution >= 4 is 5.91 Å². The SMILES string of the molecule is CCCCNC(=O)C(C)Oc1cccc(CC(N)CC)c1. The molecule has 0 fully saturated rings. The maximum absolute atomic E-state index is 11.9. The zero-order valence-corrected chi connectivity index (χ0v) is 13.4. The number of hydrogen-bond donors (Lipinski definition) is 2. The van der Waals surface area contributed by atoms with Crippen molar-refractivity contribution in [2.24, 2.45) is 5.73 Å². The summed E-state index contributed by atoms with van der Waals surface area (Å²) in [6, 6.07) is 7.97. The summed E-state index contributed by atoms with van der Waals surface area (Å²) in [6.45, 7) is 6.65. The van der Waals surface area contributed by atoms with E-state index >= 15 is 0 Å². The fraction of sp³-hybridized carbons (Fsp3) is 0.588. The Labute approximate surface area is 128 Å². The predicted octanol–water partition coefficient (Wildman–Crippen LogP) is 2.65. The molecule has 2 unspecified atom stereocenters. The van der Waals surface area contributed by atoms with Gasteiger partial charge in [0.2, 0.25) is 0 Å². The summed E-state index contributed by atoms with van der Waals surface area (Å²) in [5.74, 6) is 0.646. The van der Waals surface area contributed by atoms with Crippen LogP contribution in [-0.4, -0.2) is 24.6 Å². The smallest absolute Gasteiger partial charge is 0.260 e. The van der Waals surface area contributed by atoms with Gasteiger partial charge in [-0.2, -0.15) is 0 Å². The predicted molar refractivity (Wildman–Crippen MR) is 86.4 cm³/mol. The lowest BCUT2D eigenvalue weighted by Crippen LogP contribution is -2.36. The number of ether oxygens (including phenoxy) is 1. The molecule has 0 spiro atoms. The van der Waals surface area contributed by atoms with E-state index in [-0.39, 0.29) is 11.9 Å². The average Bonchev–Trinajstić information content (AvgIpc) is 2.47. The molecule has 0 radical (unpaired) electrons. The summed E-state index contributed by atoms with van der Waals surface area (Å²) in [6.07, 6.45) is 3.33. The van der Waals surface area contributed by atoms with Crippen LogP contribution in [0.15, 0.2) is 24.3 Å². The Morgan fingerprint density at radius 3 is 2.81 bits per heavy atom. The van der Waals surface area contributed by atoms with Crippen LogP contribution in [0.1, 0.15) is 45.6 Å². The summed E-state index contributed by atoms with van der Waals surface area (Å²) in [4.78, 5) is 11.9. The second-order valence-electron chi connectivity index (χ2n) is 5.42. The van der Waals surface area contributed by atoms with E-state index in [1.165, 1.54) is 0 Å². The van der Waals surface area contributed by atoms with Crippen LogP contribution in [0.3, 0.4) is 0 Å². The monoisotopic (exact) mass is 292 g/mol. The van der Waals surface area contributed by atoms with Crippen LogP contribution >= 0.6 is 0 Å². The largest absolute Gasteiger partial charge is 0.481 e. The average molecular weight is 292 g/mol. The van der Waals surface area contributed by atoms with Crippen molar-refractivity contribution in [2.75, 3.05) is 6.54 Å². The number of nitrogens with two attached hydrogens (primary N) is 1. The first kappa shape index (κ1) is 17.5. The van der Waals surface area contributed by atoms with Crippen LogP contribution < -0.4 is 15.8 Å². The summed E-state index contributed by atoms with van der Waals surface area (Å²) in [5.41, 5.74) is 7.11. The van der Waals surface area contributed by atoms with E-state index < -0.39 is 6.10 Å². The highest BCUT2D eigenvalue weighted by Gasteiger charge is 2.14. The molecular weight excluding hydrogens is 264 g/mol. The van der Waals surface area contributed by atoms with Crippen molar-refractivity contribution in [3.8, 4) is 5.75 Å². The van der Waals surface area contributed by atoms with Crippen LogP contribution in [0, 0.1) is 0 Å². The zero-order chi connectivity index (χ0) is 15.7. The van der Waals surface area contributed by atoms with Gasteiger partial charge in [0.05, 0.1) is 0 Å². The molecule has 2 atom stereocenters. The van der Waals surface area contributed by atoms with E-state index in [2.05, 4.69) is 19.2 Å².